The maximum Gasteiger partial charge on any atom is 0.164 e. The van der Waals surface area contributed by atoms with Crippen LogP contribution >= 0.6 is 0 Å². The summed E-state index contributed by atoms with van der Waals surface area (Å²) in [5.41, 5.74) is 1.76. The Morgan fingerprint density at radius 3 is 2.93 bits per heavy atom. The average Bonchev–Trinajstić information content (AvgIpc) is 2.18. The van der Waals surface area contributed by atoms with E-state index >= 15 is 0 Å². The molecule has 0 unspecified atom stereocenters. The zero-order valence-corrected chi connectivity index (χ0v) is 8.71. The lowest BCUT2D eigenvalue weighted by Gasteiger charge is -2.01. The number of pyridine rings is 1. The van der Waals surface area contributed by atoms with Gasteiger partial charge in [0.15, 0.2) is 5.78 Å². The first-order valence-corrected chi connectivity index (χ1v) is 4.83. The van der Waals surface area contributed by atoms with Gasteiger partial charge in [-0.1, -0.05) is 0 Å². The molecule has 0 aliphatic heterocycles. The zero-order valence-electron chi connectivity index (χ0n) is 8.71. The molecule has 0 fully saturated rings. The highest BCUT2D eigenvalue weighted by Crippen LogP contribution is 2.05. The number of rotatable bonds is 5. The molecular weight excluding hydrogens is 176 g/mol. The van der Waals surface area contributed by atoms with Crippen LogP contribution in [0.4, 0.5) is 0 Å². The Kier molecular flexibility index (Phi) is 4.26. The summed E-state index contributed by atoms with van der Waals surface area (Å²) in [5.74, 6) is 0.177. The van der Waals surface area contributed by atoms with Crippen LogP contribution in [-0.2, 0) is 0 Å². The standard InChI is InChI=1S/C11H16N2O/c1-9-6-10(8-13-7-9)11(14)4-3-5-12-2/h6-8,12H,3-5H2,1-2H3. The van der Waals surface area contributed by atoms with Crippen LogP contribution in [0.15, 0.2) is 18.5 Å². The van der Waals surface area contributed by atoms with Crippen LogP contribution in [0.2, 0.25) is 0 Å². The van der Waals surface area contributed by atoms with Crippen molar-refractivity contribution in [3.63, 3.8) is 0 Å². The molecule has 0 saturated carbocycles. The first kappa shape index (κ1) is 10.9. The predicted molar refractivity (Wildman–Crippen MR) is 56.5 cm³/mol. The Morgan fingerprint density at radius 2 is 2.29 bits per heavy atom. The molecule has 1 heterocycles. The van der Waals surface area contributed by atoms with E-state index in [1.54, 1.807) is 12.4 Å². The van der Waals surface area contributed by atoms with Crippen LogP contribution in [-0.4, -0.2) is 24.4 Å². The molecule has 76 valence electrons. The minimum Gasteiger partial charge on any atom is -0.320 e. The summed E-state index contributed by atoms with van der Waals surface area (Å²) in [6.45, 7) is 2.82. The SMILES string of the molecule is CNCCCC(=O)c1cncc(C)c1. The molecule has 3 nitrogen and oxygen atoms in total. The number of aromatic nitrogens is 1. The van der Waals surface area contributed by atoms with Gasteiger partial charge in [0, 0.05) is 24.4 Å². The Labute approximate surface area is 84.6 Å². The number of nitrogens with one attached hydrogen (secondary N) is 1. The van der Waals surface area contributed by atoms with Crippen molar-refractivity contribution < 1.29 is 4.79 Å². The summed E-state index contributed by atoms with van der Waals surface area (Å²) in [5, 5.41) is 3.02. The van der Waals surface area contributed by atoms with E-state index in [0.717, 1.165) is 24.1 Å². The van der Waals surface area contributed by atoms with E-state index in [-0.39, 0.29) is 5.78 Å². The van der Waals surface area contributed by atoms with Crippen molar-refractivity contribution in [1.82, 2.24) is 10.3 Å². The number of Topliss-reactive ketones (excluding diaryl/α,β-unsaturated/α-hetero) is 1. The topological polar surface area (TPSA) is 42.0 Å². The predicted octanol–water partition coefficient (Wildman–Crippen LogP) is 1.57. The van der Waals surface area contributed by atoms with Gasteiger partial charge in [0.05, 0.1) is 0 Å². The molecule has 14 heavy (non-hydrogen) atoms. The molecule has 0 aromatic carbocycles. The van der Waals surface area contributed by atoms with Gasteiger partial charge in [-0.05, 0) is 38.6 Å². The molecule has 0 aliphatic rings. The fourth-order valence-corrected chi connectivity index (χ4v) is 1.28. The van der Waals surface area contributed by atoms with Crippen LogP contribution in [0, 0.1) is 6.92 Å². The zero-order chi connectivity index (χ0) is 10.4. The highest BCUT2D eigenvalue weighted by molar-refractivity contribution is 5.95. The molecule has 0 aliphatic carbocycles. The van der Waals surface area contributed by atoms with E-state index in [4.69, 9.17) is 0 Å². The van der Waals surface area contributed by atoms with Gasteiger partial charge in [0.25, 0.3) is 0 Å². The Morgan fingerprint density at radius 1 is 1.50 bits per heavy atom. The second-order valence-electron chi connectivity index (χ2n) is 3.38. The van der Waals surface area contributed by atoms with E-state index in [2.05, 4.69) is 10.3 Å². The maximum absolute atomic E-state index is 11.6. The summed E-state index contributed by atoms with van der Waals surface area (Å²) < 4.78 is 0. The largest absolute Gasteiger partial charge is 0.320 e. The van der Waals surface area contributed by atoms with Gasteiger partial charge >= 0.3 is 0 Å². The fraction of sp³-hybridized carbons (Fsp3) is 0.455. The number of hydrogen-bond acceptors (Lipinski definition) is 3. The molecule has 0 radical (unpaired) electrons. The fourth-order valence-electron chi connectivity index (χ4n) is 1.28. The lowest BCUT2D eigenvalue weighted by Crippen LogP contribution is -2.10. The summed E-state index contributed by atoms with van der Waals surface area (Å²) >= 11 is 0. The summed E-state index contributed by atoms with van der Waals surface area (Å²) in [4.78, 5) is 15.6. The van der Waals surface area contributed by atoms with Crippen molar-refractivity contribution in [3.05, 3.63) is 29.6 Å². The molecule has 1 N–H and O–H groups in total. The van der Waals surface area contributed by atoms with Crippen molar-refractivity contribution in [2.24, 2.45) is 0 Å². The summed E-state index contributed by atoms with van der Waals surface area (Å²) in [6.07, 6.45) is 4.86. The molecule has 0 saturated heterocycles. The molecule has 0 spiro atoms. The number of hydrogen-bond donors (Lipinski definition) is 1. The molecule has 0 atom stereocenters. The number of ketones is 1. The molecule has 0 amide bonds. The number of carbonyl (C=O) groups is 1. The van der Waals surface area contributed by atoms with Crippen LogP contribution in [0.25, 0.3) is 0 Å². The third-order valence-corrected chi connectivity index (χ3v) is 2.03. The van der Waals surface area contributed by atoms with Crippen molar-refractivity contribution >= 4 is 5.78 Å². The Hall–Kier alpha value is -1.22. The van der Waals surface area contributed by atoms with Crippen LogP contribution in [0.3, 0.4) is 0 Å². The van der Waals surface area contributed by atoms with Crippen LogP contribution in [0.5, 0.6) is 0 Å². The highest BCUT2D eigenvalue weighted by atomic mass is 16.1. The highest BCUT2D eigenvalue weighted by Gasteiger charge is 2.05. The molecule has 1 rings (SSSR count). The van der Waals surface area contributed by atoms with Crippen LogP contribution < -0.4 is 5.32 Å². The van der Waals surface area contributed by atoms with Crippen molar-refractivity contribution in [2.75, 3.05) is 13.6 Å². The van der Waals surface area contributed by atoms with Crippen molar-refractivity contribution in [3.8, 4) is 0 Å². The molecular formula is C11H16N2O. The van der Waals surface area contributed by atoms with E-state index in [9.17, 15) is 4.79 Å². The smallest absolute Gasteiger partial charge is 0.164 e. The van der Waals surface area contributed by atoms with Crippen molar-refractivity contribution in [1.29, 1.82) is 0 Å². The Balaban J connectivity index is 2.52. The molecule has 1 aromatic rings. The van der Waals surface area contributed by atoms with Gasteiger partial charge in [-0.3, -0.25) is 9.78 Å². The average molecular weight is 192 g/mol. The van der Waals surface area contributed by atoms with Crippen molar-refractivity contribution in [2.45, 2.75) is 19.8 Å². The third kappa shape index (κ3) is 3.26. The van der Waals surface area contributed by atoms with Gasteiger partial charge in [-0.25, -0.2) is 0 Å². The quantitative estimate of drug-likeness (QED) is 0.569. The number of carbonyl (C=O) groups excluding carboxylic acids is 1. The first-order chi connectivity index (χ1) is 6.74. The first-order valence-electron chi connectivity index (χ1n) is 4.83. The van der Waals surface area contributed by atoms with E-state index in [1.807, 2.05) is 20.0 Å². The normalized spacial score (nSPS) is 10.1. The lowest BCUT2D eigenvalue weighted by molar-refractivity contribution is 0.0980. The van der Waals surface area contributed by atoms with E-state index < -0.39 is 0 Å². The maximum atomic E-state index is 11.6. The van der Waals surface area contributed by atoms with Gasteiger partial charge in [0.1, 0.15) is 0 Å². The number of aryl methyl sites for hydroxylation is 1. The summed E-state index contributed by atoms with van der Waals surface area (Å²) in [6, 6.07) is 1.88. The van der Waals surface area contributed by atoms with E-state index in [1.165, 1.54) is 0 Å². The molecule has 1 aromatic heterocycles. The summed E-state index contributed by atoms with van der Waals surface area (Å²) in [7, 11) is 1.89. The van der Waals surface area contributed by atoms with Gasteiger partial charge in [0.2, 0.25) is 0 Å². The van der Waals surface area contributed by atoms with E-state index in [0.29, 0.717) is 6.42 Å². The van der Waals surface area contributed by atoms with Gasteiger partial charge < -0.3 is 5.32 Å². The molecule has 0 bridgehead atoms. The van der Waals surface area contributed by atoms with Gasteiger partial charge in [-0.15, -0.1) is 0 Å². The monoisotopic (exact) mass is 192 g/mol. The minimum atomic E-state index is 0.177. The van der Waals surface area contributed by atoms with Gasteiger partial charge in [-0.2, -0.15) is 0 Å². The minimum absolute atomic E-state index is 0.177. The lowest BCUT2D eigenvalue weighted by atomic mass is 10.1. The second-order valence-corrected chi connectivity index (χ2v) is 3.38. The Bertz CT molecular complexity index is 310. The van der Waals surface area contributed by atoms with Crippen LogP contribution in [0.1, 0.15) is 28.8 Å². The second kappa shape index (κ2) is 5.50. The number of nitrogens with zero attached hydrogens (tertiary/aromatic N) is 1. The third-order valence-electron chi connectivity index (χ3n) is 2.03. The molecule has 3 heteroatoms.